The fourth-order valence-electron chi connectivity index (χ4n) is 2.28. The van der Waals surface area contributed by atoms with E-state index in [1.165, 1.54) is 6.07 Å². The molecule has 1 aromatic rings. The van der Waals surface area contributed by atoms with Gasteiger partial charge in [0.25, 0.3) is 5.91 Å². The van der Waals surface area contributed by atoms with Crippen LogP contribution in [0, 0.1) is 0 Å². The molecule has 110 valence electrons. The predicted octanol–water partition coefficient (Wildman–Crippen LogP) is 4.47. The van der Waals surface area contributed by atoms with Crippen molar-refractivity contribution in [2.45, 2.75) is 25.1 Å². The van der Waals surface area contributed by atoms with Crippen LogP contribution in [0.2, 0.25) is 0 Å². The molecular formula is C13H12Br2F3NO. The van der Waals surface area contributed by atoms with Crippen molar-refractivity contribution in [1.29, 1.82) is 0 Å². The van der Waals surface area contributed by atoms with Crippen LogP contribution in [0.5, 0.6) is 0 Å². The number of nitrogens with zero attached hydrogens (tertiary/aromatic N) is 1. The van der Waals surface area contributed by atoms with E-state index in [1.807, 2.05) is 0 Å². The maximum absolute atomic E-state index is 12.7. The molecule has 20 heavy (non-hydrogen) atoms. The molecule has 2 nitrogen and oxygen atoms in total. The molecule has 1 aromatic carbocycles. The smallest absolute Gasteiger partial charge is 0.335 e. The highest BCUT2D eigenvalue weighted by molar-refractivity contribution is 9.10. The molecule has 1 aliphatic heterocycles. The molecule has 0 aliphatic carbocycles. The Balaban J connectivity index is 2.34. The van der Waals surface area contributed by atoms with E-state index < -0.39 is 11.7 Å². The summed E-state index contributed by atoms with van der Waals surface area (Å²) in [6, 6.07) is 3.20. The van der Waals surface area contributed by atoms with Crippen molar-refractivity contribution in [3.63, 3.8) is 0 Å². The number of alkyl halides is 4. The second-order valence-electron chi connectivity index (χ2n) is 4.64. The summed E-state index contributed by atoms with van der Waals surface area (Å²) in [5.41, 5.74) is -0.744. The van der Waals surface area contributed by atoms with E-state index in [4.69, 9.17) is 0 Å². The van der Waals surface area contributed by atoms with Crippen LogP contribution in [-0.4, -0.2) is 28.7 Å². The van der Waals surface area contributed by atoms with Crippen LogP contribution in [0.4, 0.5) is 13.2 Å². The van der Waals surface area contributed by atoms with E-state index in [0.717, 1.165) is 25.0 Å². The fraction of sp³-hybridized carbons (Fsp3) is 0.462. The molecule has 0 bridgehead atoms. The number of likely N-dealkylation sites (tertiary alicyclic amines) is 1. The predicted molar refractivity (Wildman–Crippen MR) is 77.0 cm³/mol. The molecule has 0 spiro atoms. The topological polar surface area (TPSA) is 20.3 Å². The van der Waals surface area contributed by atoms with Gasteiger partial charge in [0.1, 0.15) is 0 Å². The number of halogens is 5. The molecule has 0 aromatic heterocycles. The maximum Gasteiger partial charge on any atom is 0.416 e. The Morgan fingerprint density at radius 2 is 2.10 bits per heavy atom. The number of hydrogen-bond acceptors (Lipinski definition) is 1. The van der Waals surface area contributed by atoms with Gasteiger partial charge in [0.2, 0.25) is 0 Å². The van der Waals surface area contributed by atoms with E-state index in [-0.39, 0.29) is 17.5 Å². The van der Waals surface area contributed by atoms with Gasteiger partial charge in [0.15, 0.2) is 0 Å². The fourth-order valence-corrected chi connectivity index (χ4v) is 3.37. The van der Waals surface area contributed by atoms with Crippen molar-refractivity contribution in [2.24, 2.45) is 0 Å². The summed E-state index contributed by atoms with van der Waals surface area (Å²) in [6.45, 7) is 0.581. The van der Waals surface area contributed by atoms with Gasteiger partial charge >= 0.3 is 6.18 Å². The third kappa shape index (κ3) is 3.19. The minimum Gasteiger partial charge on any atom is -0.335 e. The van der Waals surface area contributed by atoms with Crippen molar-refractivity contribution < 1.29 is 18.0 Å². The van der Waals surface area contributed by atoms with Gasteiger partial charge in [-0.3, -0.25) is 4.79 Å². The van der Waals surface area contributed by atoms with Crippen LogP contribution in [0.15, 0.2) is 22.7 Å². The first kappa shape index (κ1) is 15.8. The Kier molecular flexibility index (Phi) is 4.79. The van der Waals surface area contributed by atoms with Crippen molar-refractivity contribution in [2.75, 3.05) is 11.9 Å². The van der Waals surface area contributed by atoms with Gasteiger partial charge in [-0.25, -0.2) is 0 Å². The molecule has 2 rings (SSSR count). The normalized spacial score (nSPS) is 19.4. The first-order chi connectivity index (χ1) is 9.34. The van der Waals surface area contributed by atoms with Crippen LogP contribution >= 0.6 is 31.9 Å². The van der Waals surface area contributed by atoms with Gasteiger partial charge in [-0.05, 0) is 47.0 Å². The van der Waals surface area contributed by atoms with Crippen molar-refractivity contribution in [3.05, 3.63) is 33.8 Å². The Labute approximate surface area is 131 Å². The average Bonchev–Trinajstić information content (AvgIpc) is 2.85. The minimum absolute atomic E-state index is 0.0453. The molecule has 1 amide bonds. The molecule has 1 fully saturated rings. The summed E-state index contributed by atoms with van der Waals surface area (Å²) in [5, 5.41) is 0.634. The Hall–Kier alpha value is -0.560. The molecule has 1 heterocycles. The first-order valence-electron chi connectivity index (χ1n) is 6.08. The van der Waals surface area contributed by atoms with Crippen LogP contribution in [0.3, 0.4) is 0 Å². The van der Waals surface area contributed by atoms with Gasteiger partial charge in [-0.2, -0.15) is 13.2 Å². The lowest BCUT2D eigenvalue weighted by molar-refractivity contribution is -0.137. The standard InChI is InChI=1S/C13H12Br2F3NO/c14-7-9-2-1-5-19(9)12(20)10-6-8(13(16,17)18)3-4-11(10)15/h3-4,6,9H,1-2,5,7H2. The van der Waals surface area contributed by atoms with Crippen LogP contribution in [0.1, 0.15) is 28.8 Å². The monoisotopic (exact) mass is 413 g/mol. The Morgan fingerprint density at radius 1 is 1.40 bits per heavy atom. The Bertz CT molecular complexity index is 519. The number of carbonyl (C=O) groups is 1. The van der Waals surface area contributed by atoms with E-state index in [0.29, 0.717) is 16.3 Å². The zero-order valence-corrected chi connectivity index (χ0v) is 13.6. The summed E-state index contributed by atoms with van der Waals surface area (Å²) in [6.07, 6.45) is -2.71. The lowest BCUT2D eigenvalue weighted by atomic mass is 10.1. The third-order valence-electron chi connectivity index (χ3n) is 3.34. The lowest BCUT2D eigenvalue weighted by Gasteiger charge is -2.24. The number of hydrogen-bond donors (Lipinski definition) is 0. The SMILES string of the molecule is O=C(c1cc(C(F)(F)F)ccc1Br)N1CCCC1CBr. The molecule has 1 aliphatic rings. The third-order valence-corrected chi connectivity index (χ3v) is 4.78. The molecule has 0 N–H and O–H groups in total. The molecule has 1 atom stereocenters. The molecule has 1 unspecified atom stereocenters. The highest BCUT2D eigenvalue weighted by Gasteiger charge is 2.34. The molecule has 1 saturated heterocycles. The van der Waals surface area contributed by atoms with Crippen LogP contribution in [-0.2, 0) is 6.18 Å². The molecular weight excluding hydrogens is 403 g/mol. The van der Waals surface area contributed by atoms with Gasteiger partial charge < -0.3 is 4.90 Å². The minimum atomic E-state index is -4.45. The average molecular weight is 415 g/mol. The van der Waals surface area contributed by atoms with Gasteiger partial charge in [-0.1, -0.05) is 15.9 Å². The van der Waals surface area contributed by atoms with Gasteiger partial charge in [-0.15, -0.1) is 0 Å². The summed E-state index contributed by atoms with van der Waals surface area (Å²) >= 11 is 6.50. The number of rotatable bonds is 2. The van der Waals surface area contributed by atoms with Crippen LogP contribution < -0.4 is 0 Å². The van der Waals surface area contributed by atoms with Crippen molar-refractivity contribution in [3.8, 4) is 0 Å². The number of carbonyl (C=O) groups excluding carboxylic acids is 1. The van der Waals surface area contributed by atoms with E-state index in [2.05, 4.69) is 31.9 Å². The van der Waals surface area contributed by atoms with E-state index in [1.54, 1.807) is 4.90 Å². The Morgan fingerprint density at radius 3 is 2.70 bits per heavy atom. The van der Waals surface area contributed by atoms with Crippen LogP contribution in [0.25, 0.3) is 0 Å². The quantitative estimate of drug-likeness (QED) is 0.654. The molecule has 0 saturated carbocycles. The van der Waals surface area contributed by atoms with Gasteiger partial charge in [0.05, 0.1) is 11.1 Å². The zero-order valence-electron chi connectivity index (χ0n) is 10.4. The highest BCUT2D eigenvalue weighted by Crippen LogP contribution is 2.33. The second kappa shape index (κ2) is 6.05. The maximum atomic E-state index is 12.7. The van der Waals surface area contributed by atoms with Gasteiger partial charge in [0, 0.05) is 22.4 Å². The van der Waals surface area contributed by atoms with E-state index >= 15 is 0 Å². The first-order valence-corrected chi connectivity index (χ1v) is 7.99. The van der Waals surface area contributed by atoms with E-state index in [9.17, 15) is 18.0 Å². The summed E-state index contributed by atoms with van der Waals surface area (Å²) in [4.78, 5) is 14.1. The molecule has 0 radical (unpaired) electrons. The second-order valence-corrected chi connectivity index (χ2v) is 6.14. The van der Waals surface area contributed by atoms with Crippen molar-refractivity contribution >= 4 is 37.8 Å². The van der Waals surface area contributed by atoms with Crippen molar-refractivity contribution in [1.82, 2.24) is 4.90 Å². The largest absolute Gasteiger partial charge is 0.416 e. The summed E-state index contributed by atoms with van der Waals surface area (Å²) < 4.78 is 38.6. The molecule has 7 heteroatoms. The zero-order chi connectivity index (χ0) is 14.9. The lowest BCUT2D eigenvalue weighted by Crippen LogP contribution is -2.36. The summed E-state index contributed by atoms with van der Waals surface area (Å²) in [5.74, 6) is -0.357. The summed E-state index contributed by atoms with van der Waals surface area (Å²) in [7, 11) is 0. The number of amides is 1. The number of benzene rings is 1. The highest BCUT2D eigenvalue weighted by atomic mass is 79.9.